The van der Waals surface area contributed by atoms with Gasteiger partial charge in [-0.3, -0.25) is 4.79 Å². The molecule has 7 nitrogen and oxygen atoms in total. The van der Waals surface area contributed by atoms with Crippen molar-refractivity contribution in [3.05, 3.63) is 59.9 Å². The fourth-order valence-electron chi connectivity index (χ4n) is 3.72. The summed E-state index contributed by atoms with van der Waals surface area (Å²) in [5.41, 5.74) is 0.784. The smallest absolute Gasteiger partial charge is 0.506 e. The van der Waals surface area contributed by atoms with Crippen molar-refractivity contribution in [3.8, 4) is 22.8 Å². The monoisotopic (exact) mass is 447 g/mol. The second-order valence-electron chi connectivity index (χ2n) is 7.27. The van der Waals surface area contributed by atoms with Gasteiger partial charge in [0, 0.05) is 31.7 Å². The average molecular weight is 447 g/mol. The van der Waals surface area contributed by atoms with Gasteiger partial charge < -0.3 is 24.2 Å². The molecule has 3 aromatic rings. The first-order valence-electron chi connectivity index (χ1n) is 9.88. The van der Waals surface area contributed by atoms with Gasteiger partial charge in [0.25, 0.3) is 5.91 Å². The molecule has 0 atom stereocenters. The molecule has 1 saturated heterocycles. The molecule has 1 aliphatic heterocycles. The minimum Gasteiger partial charge on any atom is -0.506 e. The van der Waals surface area contributed by atoms with E-state index in [1.165, 1.54) is 25.1 Å². The Hall–Kier alpha value is -3.69. The number of piperazine rings is 1. The van der Waals surface area contributed by atoms with E-state index < -0.39 is 18.0 Å². The third kappa shape index (κ3) is 4.34. The molecule has 1 amide bonds. The number of hydrogen-bond acceptors (Lipinski definition) is 6. The summed E-state index contributed by atoms with van der Waals surface area (Å²) in [6.07, 6.45) is -4.89. The molecule has 0 saturated carbocycles. The fraction of sp³-hybridized carbons (Fsp3) is 0.273. The lowest BCUT2D eigenvalue weighted by molar-refractivity contribution is -0.274. The maximum Gasteiger partial charge on any atom is 0.573 e. The number of carbonyl (C=O) groups excluding carboxylic acids is 1. The largest absolute Gasteiger partial charge is 0.573 e. The van der Waals surface area contributed by atoms with Crippen LogP contribution in [0.15, 0.2) is 53.1 Å². The molecule has 2 aromatic carbocycles. The number of ether oxygens (including phenoxy) is 1. The number of phenols is 1. The Morgan fingerprint density at radius 2 is 1.72 bits per heavy atom. The van der Waals surface area contributed by atoms with Gasteiger partial charge in [-0.25, -0.2) is 0 Å². The zero-order valence-electron chi connectivity index (χ0n) is 17.1. The predicted octanol–water partition coefficient (Wildman–Crippen LogP) is 4.22. The van der Waals surface area contributed by atoms with E-state index in [4.69, 9.17) is 4.52 Å². The molecule has 32 heavy (non-hydrogen) atoms. The van der Waals surface area contributed by atoms with Crippen LogP contribution in [0.3, 0.4) is 0 Å². The number of rotatable bonds is 4. The summed E-state index contributed by atoms with van der Waals surface area (Å²) in [5.74, 6) is -0.495. The minimum atomic E-state index is -4.89. The van der Waals surface area contributed by atoms with E-state index in [1.54, 1.807) is 23.1 Å². The van der Waals surface area contributed by atoms with E-state index >= 15 is 0 Å². The van der Waals surface area contributed by atoms with Gasteiger partial charge in [0.05, 0.1) is 5.69 Å². The highest BCUT2D eigenvalue weighted by atomic mass is 19.4. The minimum absolute atomic E-state index is 0.00418. The molecule has 1 N–H and O–H groups in total. The van der Waals surface area contributed by atoms with Crippen molar-refractivity contribution in [3.63, 3.8) is 0 Å². The van der Waals surface area contributed by atoms with Gasteiger partial charge >= 0.3 is 6.36 Å². The number of nitrogens with zero attached hydrogens (tertiary/aromatic N) is 3. The Morgan fingerprint density at radius 1 is 1.06 bits per heavy atom. The number of aromatic nitrogens is 1. The maximum absolute atomic E-state index is 13.3. The van der Waals surface area contributed by atoms with Crippen molar-refractivity contribution in [1.29, 1.82) is 0 Å². The highest BCUT2D eigenvalue weighted by Crippen LogP contribution is 2.36. The molecule has 0 aliphatic carbocycles. The number of halogens is 3. The van der Waals surface area contributed by atoms with E-state index in [0.29, 0.717) is 31.9 Å². The van der Waals surface area contributed by atoms with Crippen LogP contribution in [-0.4, -0.2) is 53.6 Å². The summed E-state index contributed by atoms with van der Waals surface area (Å²) in [6, 6.07) is 12.4. The summed E-state index contributed by atoms with van der Waals surface area (Å²) in [7, 11) is 0. The lowest BCUT2D eigenvalue weighted by atomic mass is 10.0. The van der Waals surface area contributed by atoms with Crippen LogP contribution in [0, 0.1) is 6.92 Å². The number of aryl methyl sites for hydroxylation is 1. The number of amides is 1. The quantitative estimate of drug-likeness (QED) is 0.645. The van der Waals surface area contributed by atoms with Crippen molar-refractivity contribution < 1.29 is 32.3 Å². The second kappa shape index (κ2) is 8.45. The Labute approximate surface area is 181 Å². The predicted molar refractivity (Wildman–Crippen MR) is 110 cm³/mol. The van der Waals surface area contributed by atoms with Crippen LogP contribution in [0.1, 0.15) is 16.1 Å². The van der Waals surface area contributed by atoms with Gasteiger partial charge in [-0.15, -0.1) is 13.2 Å². The van der Waals surface area contributed by atoms with Crippen LogP contribution in [-0.2, 0) is 0 Å². The van der Waals surface area contributed by atoms with Crippen molar-refractivity contribution in [1.82, 2.24) is 10.1 Å². The zero-order valence-corrected chi connectivity index (χ0v) is 17.1. The topological polar surface area (TPSA) is 79.0 Å². The van der Waals surface area contributed by atoms with Crippen molar-refractivity contribution in [2.75, 3.05) is 31.1 Å². The number of aromatic hydroxyl groups is 1. The molecule has 0 spiro atoms. The zero-order chi connectivity index (χ0) is 22.9. The molecule has 0 radical (unpaired) electrons. The molecule has 4 rings (SSSR count). The molecule has 168 valence electrons. The summed E-state index contributed by atoms with van der Waals surface area (Å²) >= 11 is 0. The number of hydrogen-bond donors (Lipinski definition) is 1. The van der Waals surface area contributed by atoms with Gasteiger partial charge in [0.1, 0.15) is 28.5 Å². The van der Waals surface area contributed by atoms with Crippen molar-refractivity contribution in [2.24, 2.45) is 0 Å². The van der Waals surface area contributed by atoms with Crippen LogP contribution in [0.5, 0.6) is 11.5 Å². The van der Waals surface area contributed by atoms with Gasteiger partial charge in [-0.2, -0.15) is 0 Å². The Morgan fingerprint density at radius 3 is 2.41 bits per heavy atom. The van der Waals surface area contributed by atoms with E-state index in [9.17, 15) is 23.1 Å². The van der Waals surface area contributed by atoms with Gasteiger partial charge in [0.2, 0.25) is 0 Å². The van der Waals surface area contributed by atoms with Gasteiger partial charge in [-0.05, 0) is 31.2 Å². The lowest BCUT2D eigenvalue weighted by Crippen LogP contribution is -2.49. The Bertz CT molecular complexity index is 1120. The molecule has 0 unspecified atom stereocenters. The summed E-state index contributed by atoms with van der Waals surface area (Å²) in [4.78, 5) is 16.8. The standard InChI is InChI=1S/C22H20F3N3O4/c1-14-19(20(26-32-14)15-6-2-5-9-18(15)31-22(23,24)25)21(30)28-12-10-27(11-13-28)16-7-3-4-8-17(16)29/h2-9,29H,10-13H2,1H3. The number of benzene rings is 2. The number of carbonyl (C=O) groups is 1. The third-order valence-corrected chi connectivity index (χ3v) is 5.23. The molecule has 2 heterocycles. The van der Waals surface area contributed by atoms with Crippen LogP contribution >= 0.6 is 0 Å². The second-order valence-corrected chi connectivity index (χ2v) is 7.27. The molecule has 1 fully saturated rings. The summed E-state index contributed by atoms with van der Waals surface area (Å²) < 4.78 is 47.8. The van der Waals surface area contributed by atoms with Crippen LogP contribution in [0.2, 0.25) is 0 Å². The normalized spacial score (nSPS) is 14.5. The van der Waals surface area contributed by atoms with Crippen molar-refractivity contribution >= 4 is 11.6 Å². The van der Waals surface area contributed by atoms with E-state index in [-0.39, 0.29) is 28.3 Å². The lowest BCUT2D eigenvalue weighted by Gasteiger charge is -2.36. The fourth-order valence-corrected chi connectivity index (χ4v) is 3.72. The highest BCUT2D eigenvalue weighted by molar-refractivity contribution is 6.01. The van der Waals surface area contributed by atoms with Crippen LogP contribution < -0.4 is 9.64 Å². The van der Waals surface area contributed by atoms with Crippen LogP contribution in [0.4, 0.5) is 18.9 Å². The third-order valence-electron chi connectivity index (χ3n) is 5.23. The number of alkyl halides is 3. The molecule has 0 bridgehead atoms. The maximum atomic E-state index is 13.3. The van der Waals surface area contributed by atoms with E-state index in [1.807, 2.05) is 11.0 Å². The first kappa shape index (κ1) is 21.5. The summed E-state index contributed by atoms with van der Waals surface area (Å²) in [6.45, 7) is 3.22. The molecular weight excluding hydrogens is 427 g/mol. The molecule has 1 aliphatic rings. The van der Waals surface area contributed by atoms with E-state index in [0.717, 1.165) is 6.07 Å². The molecule has 1 aromatic heterocycles. The SMILES string of the molecule is Cc1onc(-c2ccccc2OC(F)(F)F)c1C(=O)N1CCN(c2ccccc2O)CC1. The molecule has 10 heteroatoms. The average Bonchev–Trinajstić information content (AvgIpc) is 3.14. The first-order chi connectivity index (χ1) is 15.2. The Balaban J connectivity index is 1.57. The molecular formula is C22H20F3N3O4. The van der Waals surface area contributed by atoms with Crippen molar-refractivity contribution in [2.45, 2.75) is 13.3 Å². The number of para-hydroxylation sites is 3. The first-order valence-corrected chi connectivity index (χ1v) is 9.88. The summed E-state index contributed by atoms with van der Waals surface area (Å²) in [5, 5.41) is 13.9. The van der Waals surface area contributed by atoms with Gasteiger partial charge in [-0.1, -0.05) is 29.4 Å². The highest BCUT2D eigenvalue weighted by Gasteiger charge is 2.34. The van der Waals surface area contributed by atoms with Gasteiger partial charge in [0.15, 0.2) is 0 Å². The van der Waals surface area contributed by atoms with Crippen LogP contribution in [0.25, 0.3) is 11.3 Å². The number of anilines is 1. The Kier molecular flexibility index (Phi) is 5.68. The van der Waals surface area contributed by atoms with E-state index in [2.05, 4.69) is 9.89 Å². The number of phenolic OH excluding ortho intramolecular Hbond substituents is 1.